The van der Waals surface area contributed by atoms with Gasteiger partial charge in [-0.2, -0.15) is 0 Å². The van der Waals surface area contributed by atoms with Crippen molar-refractivity contribution in [3.63, 3.8) is 0 Å². The molecule has 0 saturated heterocycles. The van der Waals surface area contributed by atoms with Crippen molar-refractivity contribution in [1.82, 2.24) is 0 Å². The van der Waals surface area contributed by atoms with Crippen LogP contribution in [0.2, 0.25) is 0 Å². The summed E-state index contributed by atoms with van der Waals surface area (Å²) in [6.45, 7) is 0. The van der Waals surface area contributed by atoms with Crippen LogP contribution in [-0.4, -0.2) is 49.4 Å². The van der Waals surface area contributed by atoms with Gasteiger partial charge in [0.1, 0.15) is 6.10 Å². The average Bonchev–Trinajstić information content (AvgIpc) is 2.59. The van der Waals surface area contributed by atoms with Crippen molar-refractivity contribution in [2.75, 3.05) is 0 Å². The number of carbonyl (C=O) groups is 4. The summed E-state index contributed by atoms with van der Waals surface area (Å²) < 4.78 is 0. The molecule has 0 aromatic heterocycles. The minimum Gasteiger partial charge on any atom is -0.478 e. The molecule has 0 radical (unpaired) electrons. The Morgan fingerprint density at radius 3 is 1.15 bits per heavy atom. The van der Waals surface area contributed by atoms with Gasteiger partial charge in [0.25, 0.3) is 0 Å². The summed E-state index contributed by atoms with van der Waals surface area (Å²) >= 11 is 0. The highest BCUT2D eigenvalue weighted by atomic mass is 16.4. The number of hydrogen-bond acceptors (Lipinski definition) is 5. The summed E-state index contributed by atoms with van der Waals surface area (Å²) in [6, 6.07) is 6.31. The van der Waals surface area contributed by atoms with Crippen molar-refractivity contribution in [3.05, 3.63) is 69.8 Å². The van der Waals surface area contributed by atoms with E-state index in [-0.39, 0.29) is 11.1 Å². The first-order chi connectivity index (χ1) is 12.1. The van der Waals surface area contributed by atoms with Gasteiger partial charge < -0.3 is 25.5 Å². The fourth-order valence-electron chi connectivity index (χ4n) is 2.38. The molecule has 2 rings (SSSR count). The second-order valence-electron chi connectivity index (χ2n) is 5.23. The Balaban J connectivity index is 2.54. The van der Waals surface area contributed by atoms with Gasteiger partial charge in [-0.25, -0.2) is 19.2 Å². The molecule has 0 spiro atoms. The summed E-state index contributed by atoms with van der Waals surface area (Å²) in [5.74, 6) is -5.93. The van der Waals surface area contributed by atoms with Crippen LogP contribution in [0.3, 0.4) is 0 Å². The molecule has 2 aromatic carbocycles. The first-order valence-electron chi connectivity index (χ1n) is 7.02. The molecule has 9 nitrogen and oxygen atoms in total. The van der Waals surface area contributed by atoms with Crippen molar-refractivity contribution in [2.45, 2.75) is 6.10 Å². The number of carboxylic acid groups (broad SMARTS) is 4. The van der Waals surface area contributed by atoms with Crippen molar-refractivity contribution in [2.24, 2.45) is 0 Å². The summed E-state index contributed by atoms with van der Waals surface area (Å²) in [5.41, 5.74) is -2.02. The molecule has 0 atom stereocenters. The van der Waals surface area contributed by atoms with Gasteiger partial charge >= 0.3 is 23.9 Å². The quantitative estimate of drug-likeness (QED) is 0.513. The lowest BCUT2D eigenvalue weighted by molar-refractivity contribution is 0.0650. The number of rotatable bonds is 6. The summed E-state index contributed by atoms with van der Waals surface area (Å²) in [6.07, 6.45) is -1.49. The van der Waals surface area contributed by atoms with Gasteiger partial charge in [0.2, 0.25) is 0 Å². The number of aliphatic hydroxyl groups excluding tert-OH is 1. The molecule has 0 unspecified atom stereocenters. The van der Waals surface area contributed by atoms with Gasteiger partial charge in [0.15, 0.2) is 0 Å². The SMILES string of the molecule is O=C(O)c1ccc(C(O)c2ccc(C(=O)O)c(C(=O)O)c2)cc1C(=O)O. The fourth-order valence-corrected chi connectivity index (χ4v) is 2.38. The maximum Gasteiger partial charge on any atom is 0.336 e. The second-order valence-corrected chi connectivity index (χ2v) is 5.23. The monoisotopic (exact) mass is 360 g/mol. The van der Waals surface area contributed by atoms with Crippen LogP contribution in [0, 0.1) is 0 Å². The molecule has 134 valence electrons. The Labute approximate surface area is 145 Å². The van der Waals surface area contributed by atoms with Gasteiger partial charge in [-0.1, -0.05) is 12.1 Å². The summed E-state index contributed by atoms with van der Waals surface area (Å²) in [7, 11) is 0. The molecule has 0 bridgehead atoms. The van der Waals surface area contributed by atoms with Gasteiger partial charge in [-0.15, -0.1) is 0 Å². The Kier molecular flexibility index (Phi) is 5.03. The number of carboxylic acids is 4. The molecule has 2 aromatic rings. The molecule has 5 N–H and O–H groups in total. The van der Waals surface area contributed by atoms with Crippen molar-refractivity contribution in [1.29, 1.82) is 0 Å². The fraction of sp³-hybridized carbons (Fsp3) is 0.0588. The van der Waals surface area contributed by atoms with Crippen LogP contribution in [0.5, 0.6) is 0 Å². The molecule has 9 heteroatoms. The summed E-state index contributed by atoms with van der Waals surface area (Å²) in [4.78, 5) is 44.5. The van der Waals surface area contributed by atoms with Gasteiger partial charge in [-0.05, 0) is 35.4 Å². The maximum absolute atomic E-state index is 11.2. The second kappa shape index (κ2) is 7.03. The van der Waals surface area contributed by atoms with Gasteiger partial charge in [-0.3, -0.25) is 0 Å². The van der Waals surface area contributed by atoms with Crippen molar-refractivity contribution < 1.29 is 44.7 Å². The van der Waals surface area contributed by atoms with Crippen molar-refractivity contribution >= 4 is 23.9 Å². The Bertz CT molecular complexity index is 854. The van der Waals surface area contributed by atoms with Crippen LogP contribution in [0.1, 0.15) is 58.7 Å². The number of benzene rings is 2. The number of hydrogen-bond donors (Lipinski definition) is 5. The van der Waals surface area contributed by atoms with Gasteiger partial charge in [0.05, 0.1) is 22.3 Å². The lowest BCUT2D eigenvalue weighted by atomic mass is 9.94. The van der Waals surface area contributed by atoms with Crippen LogP contribution in [0.15, 0.2) is 36.4 Å². The minimum atomic E-state index is -1.51. The van der Waals surface area contributed by atoms with E-state index in [1.807, 2.05) is 0 Å². The minimum absolute atomic E-state index is 0.00631. The zero-order chi connectivity index (χ0) is 19.6. The first kappa shape index (κ1) is 18.6. The highest BCUT2D eigenvalue weighted by Crippen LogP contribution is 2.26. The van der Waals surface area contributed by atoms with E-state index in [1.165, 1.54) is 12.1 Å². The van der Waals surface area contributed by atoms with E-state index in [9.17, 15) is 24.3 Å². The smallest absolute Gasteiger partial charge is 0.336 e. The lowest BCUT2D eigenvalue weighted by Gasteiger charge is -2.14. The Hall–Kier alpha value is -3.72. The van der Waals surface area contributed by atoms with Crippen LogP contribution in [0.4, 0.5) is 0 Å². The predicted molar refractivity (Wildman–Crippen MR) is 84.8 cm³/mol. The maximum atomic E-state index is 11.2. The third kappa shape index (κ3) is 3.52. The zero-order valence-corrected chi connectivity index (χ0v) is 12.9. The molecule has 0 saturated carbocycles. The Morgan fingerprint density at radius 2 is 0.885 bits per heavy atom. The average molecular weight is 360 g/mol. The molecule has 0 fully saturated rings. The molecule has 0 amide bonds. The van der Waals surface area contributed by atoms with E-state index >= 15 is 0 Å². The Morgan fingerprint density at radius 1 is 0.577 bits per heavy atom. The van der Waals surface area contributed by atoms with Crippen LogP contribution in [-0.2, 0) is 0 Å². The third-order valence-electron chi connectivity index (χ3n) is 3.64. The molecular formula is C17H12O9. The molecule has 0 aliphatic heterocycles. The van der Waals surface area contributed by atoms with E-state index in [4.69, 9.17) is 20.4 Å². The number of aliphatic hydroxyl groups is 1. The molecule has 0 heterocycles. The highest BCUT2D eigenvalue weighted by Gasteiger charge is 2.22. The van der Waals surface area contributed by atoms with E-state index in [2.05, 4.69) is 0 Å². The molecule has 0 aliphatic carbocycles. The predicted octanol–water partition coefficient (Wildman–Crippen LogP) is 1.56. The van der Waals surface area contributed by atoms with Crippen LogP contribution in [0.25, 0.3) is 0 Å². The third-order valence-corrected chi connectivity index (χ3v) is 3.64. The lowest BCUT2D eigenvalue weighted by Crippen LogP contribution is -2.12. The largest absolute Gasteiger partial charge is 0.478 e. The first-order valence-corrected chi connectivity index (χ1v) is 7.02. The van der Waals surface area contributed by atoms with Crippen molar-refractivity contribution in [3.8, 4) is 0 Å². The normalized spacial score (nSPS) is 10.5. The molecule has 0 aliphatic rings. The van der Waals surface area contributed by atoms with Crippen LogP contribution >= 0.6 is 0 Å². The van der Waals surface area contributed by atoms with E-state index < -0.39 is 52.2 Å². The standard InChI is InChI=1S/C17H12O9/c18-13(7-1-3-9(14(19)20)11(5-7)16(23)24)8-2-4-10(15(21)22)12(6-8)17(25)26/h1-6,13,18H,(H,19,20)(H,21,22)(H,23,24)(H,25,26). The van der Waals surface area contributed by atoms with E-state index in [0.29, 0.717) is 0 Å². The topological polar surface area (TPSA) is 169 Å². The van der Waals surface area contributed by atoms with Gasteiger partial charge in [0, 0.05) is 0 Å². The number of aromatic carboxylic acids is 4. The summed E-state index contributed by atoms with van der Waals surface area (Å²) in [5, 5.41) is 46.6. The molecule has 26 heavy (non-hydrogen) atoms. The van der Waals surface area contributed by atoms with Crippen LogP contribution < -0.4 is 0 Å². The van der Waals surface area contributed by atoms with E-state index in [1.54, 1.807) is 0 Å². The van der Waals surface area contributed by atoms with E-state index in [0.717, 1.165) is 24.3 Å². The highest BCUT2D eigenvalue weighted by molar-refractivity contribution is 6.02. The zero-order valence-electron chi connectivity index (χ0n) is 12.9. The molecular weight excluding hydrogens is 348 g/mol.